The standard InChI is InChI=1S/C24H37F2N3O2/c1-23(2,3)21(22(30)31)29-15-10-19(17-29)16-28-13-8-18(9-14-28)7-11-24(25,26)20-6-4-5-12-27-20/h4-6,12,18-19,21H,7-11,13-17H2,1-3H3,(H,30,31). The fourth-order valence-electron chi connectivity index (χ4n) is 5.24. The number of halogens is 2. The van der Waals surface area contributed by atoms with Crippen LogP contribution in [0.2, 0.25) is 0 Å². The predicted molar refractivity (Wildman–Crippen MR) is 117 cm³/mol. The van der Waals surface area contributed by atoms with Gasteiger partial charge in [-0.05, 0) is 74.7 Å². The van der Waals surface area contributed by atoms with Crippen molar-refractivity contribution >= 4 is 5.97 Å². The van der Waals surface area contributed by atoms with E-state index in [9.17, 15) is 18.7 Å². The highest BCUT2D eigenvalue weighted by atomic mass is 19.3. The van der Waals surface area contributed by atoms with Gasteiger partial charge in [0.2, 0.25) is 0 Å². The van der Waals surface area contributed by atoms with Crippen LogP contribution in [0.1, 0.15) is 58.6 Å². The molecule has 0 spiro atoms. The van der Waals surface area contributed by atoms with Gasteiger partial charge in [0.1, 0.15) is 11.7 Å². The quantitative estimate of drug-likeness (QED) is 0.650. The van der Waals surface area contributed by atoms with Crippen LogP contribution >= 0.6 is 0 Å². The van der Waals surface area contributed by atoms with Crippen molar-refractivity contribution in [2.24, 2.45) is 17.3 Å². The van der Waals surface area contributed by atoms with Crippen LogP contribution in [0.5, 0.6) is 0 Å². The maximum Gasteiger partial charge on any atom is 0.321 e. The van der Waals surface area contributed by atoms with Crippen LogP contribution in [0.25, 0.3) is 0 Å². The fraction of sp³-hybridized carbons (Fsp3) is 0.750. The molecule has 0 amide bonds. The zero-order chi connectivity index (χ0) is 22.6. The molecule has 3 rings (SSSR count). The lowest BCUT2D eigenvalue weighted by atomic mass is 9.86. The third-order valence-corrected chi connectivity index (χ3v) is 6.87. The molecule has 3 heterocycles. The maximum atomic E-state index is 14.4. The second-order valence-electron chi connectivity index (χ2n) is 10.5. The molecule has 0 aliphatic carbocycles. The van der Waals surface area contributed by atoms with Crippen LogP contribution in [-0.4, -0.2) is 64.6 Å². The fourth-order valence-corrected chi connectivity index (χ4v) is 5.24. The molecule has 2 fully saturated rings. The Morgan fingerprint density at radius 3 is 2.42 bits per heavy atom. The summed E-state index contributed by atoms with van der Waals surface area (Å²) in [5.74, 6) is -2.78. The van der Waals surface area contributed by atoms with Crippen molar-refractivity contribution < 1.29 is 18.7 Å². The van der Waals surface area contributed by atoms with E-state index in [0.29, 0.717) is 18.3 Å². The normalized spacial score (nSPS) is 23.2. The summed E-state index contributed by atoms with van der Waals surface area (Å²) < 4.78 is 28.8. The van der Waals surface area contributed by atoms with Gasteiger partial charge in [-0.2, -0.15) is 8.78 Å². The van der Waals surface area contributed by atoms with E-state index in [1.807, 2.05) is 20.8 Å². The van der Waals surface area contributed by atoms with Gasteiger partial charge in [-0.3, -0.25) is 14.7 Å². The van der Waals surface area contributed by atoms with Gasteiger partial charge >= 0.3 is 5.97 Å². The zero-order valence-electron chi connectivity index (χ0n) is 19.1. The average molecular weight is 438 g/mol. The van der Waals surface area contributed by atoms with Crippen molar-refractivity contribution in [3.8, 4) is 0 Å². The largest absolute Gasteiger partial charge is 0.480 e. The molecule has 2 saturated heterocycles. The first-order chi connectivity index (χ1) is 14.6. The molecular formula is C24H37F2N3O2. The Labute approximate surface area is 184 Å². The lowest BCUT2D eigenvalue weighted by Crippen LogP contribution is -2.48. The minimum atomic E-state index is -2.86. The number of alkyl halides is 2. The monoisotopic (exact) mass is 437 g/mol. The summed E-state index contributed by atoms with van der Waals surface area (Å²) in [6, 6.07) is 4.22. The third kappa shape index (κ3) is 6.45. The molecule has 1 aromatic rings. The van der Waals surface area contributed by atoms with Crippen molar-refractivity contribution in [2.45, 2.75) is 64.8 Å². The van der Waals surface area contributed by atoms with Gasteiger partial charge in [0.15, 0.2) is 0 Å². The van der Waals surface area contributed by atoms with Gasteiger partial charge in [-0.25, -0.2) is 0 Å². The Kier molecular flexibility index (Phi) is 7.68. The zero-order valence-corrected chi connectivity index (χ0v) is 19.1. The van der Waals surface area contributed by atoms with Crippen molar-refractivity contribution in [3.05, 3.63) is 30.1 Å². The second kappa shape index (κ2) is 9.90. The van der Waals surface area contributed by atoms with Crippen molar-refractivity contribution in [3.63, 3.8) is 0 Å². The number of likely N-dealkylation sites (tertiary alicyclic amines) is 2. The van der Waals surface area contributed by atoms with Crippen LogP contribution < -0.4 is 0 Å². The summed E-state index contributed by atoms with van der Waals surface area (Å²) >= 11 is 0. The number of carboxylic acid groups (broad SMARTS) is 1. The van der Waals surface area contributed by atoms with Crippen molar-refractivity contribution in [1.82, 2.24) is 14.8 Å². The molecule has 0 aromatic carbocycles. The molecule has 1 aromatic heterocycles. The first-order valence-electron chi connectivity index (χ1n) is 11.5. The number of piperidine rings is 1. The number of pyridine rings is 1. The van der Waals surface area contributed by atoms with Crippen molar-refractivity contribution in [1.29, 1.82) is 0 Å². The number of aliphatic carboxylic acids is 1. The number of rotatable bonds is 8. The highest BCUT2D eigenvalue weighted by Gasteiger charge is 2.40. The minimum absolute atomic E-state index is 0.131. The number of carboxylic acids is 1. The summed E-state index contributed by atoms with van der Waals surface area (Å²) in [4.78, 5) is 20.2. The number of hydrogen-bond acceptors (Lipinski definition) is 4. The van der Waals surface area contributed by atoms with E-state index in [1.165, 1.54) is 12.3 Å². The molecule has 2 unspecified atom stereocenters. The maximum absolute atomic E-state index is 14.4. The highest BCUT2D eigenvalue weighted by molar-refractivity contribution is 5.74. The number of carbonyl (C=O) groups is 1. The van der Waals surface area contributed by atoms with Gasteiger partial charge in [0.05, 0.1) is 0 Å². The summed E-state index contributed by atoms with van der Waals surface area (Å²) in [6.07, 6.45) is 4.74. The molecule has 31 heavy (non-hydrogen) atoms. The molecule has 2 atom stereocenters. The lowest BCUT2D eigenvalue weighted by Gasteiger charge is -2.36. The van der Waals surface area contributed by atoms with Gasteiger partial charge in [-0.1, -0.05) is 26.8 Å². The summed E-state index contributed by atoms with van der Waals surface area (Å²) in [5.41, 5.74) is -0.427. The smallest absolute Gasteiger partial charge is 0.321 e. The molecule has 0 radical (unpaired) electrons. The van der Waals surface area contributed by atoms with Crippen molar-refractivity contribution in [2.75, 3.05) is 32.7 Å². The van der Waals surface area contributed by atoms with E-state index < -0.39 is 17.9 Å². The summed E-state index contributed by atoms with van der Waals surface area (Å²) in [5, 5.41) is 9.68. The molecule has 174 valence electrons. The van der Waals surface area contributed by atoms with E-state index in [-0.39, 0.29) is 17.5 Å². The molecular weight excluding hydrogens is 400 g/mol. The van der Waals surface area contributed by atoms with Crippen LogP contribution in [0.15, 0.2) is 24.4 Å². The summed E-state index contributed by atoms with van der Waals surface area (Å²) in [6.45, 7) is 10.5. The first kappa shape index (κ1) is 24.1. The van der Waals surface area contributed by atoms with Crippen LogP contribution in [0.4, 0.5) is 8.78 Å². The van der Waals surface area contributed by atoms with Crippen LogP contribution in [-0.2, 0) is 10.7 Å². The molecule has 1 N–H and O–H groups in total. The molecule has 0 bridgehead atoms. The molecule has 2 aliphatic heterocycles. The average Bonchev–Trinajstić information content (AvgIpc) is 3.14. The molecule has 2 aliphatic rings. The Bertz CT molecular complexity index is 715. The van der Waals surface area contributed by atoms with E-state index in [1.54, 1.807) is 12.1 Å². The minimum Gasteiger partial charge on any atom is -0.480 e. The van der Waals surface area contributed by atoms with E-state index in [0.717, 1.165) is 52.0 Å². The lowest BCUT2D eigenvalue weighted by molar-refractivity contribution is -0.147. The molecule has 7 heteroatoms. The van der Waals surface area contributed by atoms with E-state index >= 15 is 0 Å². The molecule has 5 nitrogen and oxygen atoms in total. The summed E-state index contributed by atoms with van der Waals surface area (Å²) in [7, 11) is 0. The van der Waals surface area contributed by atoms with Gasteiger partial charge in [-0.15, -0.1) is 0 Å². The van der Waals surface area contributed by atoms with Gasteiger partial charge in [0, 0.05) is 25.7 Å². The van der Waals surface area contributed by atoms with E-state index in [4.69, 9.17) is 0 Å². The number of nitrogens with zero attached hydrogens (tertiary/aromatic N) is 3. The Morgan fingerprint density at radius 2 is 1.84 bits per heavy atom. The van der Waals surface area contributed by atoms with Gasteiger partial charge < -0.3 is 10.0 Å². The Morgan fingerprint density at radius 1 is 1.16 bits per heavy atom. The Balaban J connectivity index is 1.41. The third-order valence-electron chi connectivity index (χ3n) is 6.87. The molecule has 0 saturated carbocycles. The first-order valence-corrected chi connectivity index (χ1v) is 11.5. The Hall–Kier alpha value is -1.60. The SMILES string of the molecule is CC(C)(C)C(C(=O)O)N1CCC(CN2CCC(CCC(F)(F)c3ccccn3)CC2)C1. The predicted octanol–water partition coefficient (Wildman–Crippen LogP) is 4.49. The number of aromatic nitrogens is 1. The van der Waals surface area contributed by atoms with Gasteiger partial charge in [0.25, 0.3) is 5.92 Å². The number of hydrogen-bond donors (Lipinski definition) is 1. The van der Waals surface area contributed by atoms with Crippen LogP contribution in [0, 0.1) is 17.3 Å². The highest BCUT2D eigenvalue weighted by Crippen LogP contribution is 2.35. The van der Waals surface area contributed by atoms with E-state index in [2.05, 4.69) is 14.8 Å². The second-order valence-corrected chi connectivity index (χ2v) is 10.5. The topological polar surface area (TPSA) is 56.7 Å². The van der Waals surface area contributed by atoms with Crippen LogP contribution in [0.3, 0.4) is 0 Å².